The molecule has 31 heavy (non-hydrogen) atoms. The van der Waals surface area contributed by atoms with E-state index in [1.54, 1.807) is 4.68 Å². The fourth-order valence-electron chi connectivity index (χ4n) is 4.98. The summed E-state index contributed by atoms with van der Waals surface area (Å²) >= 11 is 0. The van der Waals surface area contributed by atoms with Crippen LogP contribution in [0.3, 0.4) is 0 Å². The molecule has 160 valence electrons. The van der Waals surface area contributed by atoms with Crippen molar-refractivity contribution >= 4 is 21.8 Å². The van der Waals surface area contributed by atoms with E-state index in [4.69, 9.17) is 4.98 Å². The monoisotopic (exact) mass is 417 g/mol. The Hall–Kier alpha value is -3.19. The van der Waals surface area contributed by atoms with Crippen LogP contribution in [0.15, 0.2) is 41.5 Å². The molecule has 0 bridgehead atoms. The van der Waals surface area contributed by atoms with Crippen molar-refractivity contribution in [2.45, 2.75) is 51.7 Å². The van der Waals surface area contributed by atoms with Gasteiger partial charge in [-0.3, -0.25) is 9.48 Å². The molecule has 2 unspecified atom stereocenters. The highest BCUT2D eigenvalue weighted by molar-refractivity contribution is 5.91. The summed E-state index contributed by atoms with van der Waals surface area (Å²) in [7, 11) is 1.86. The summed E-state index contributed by atoms with van der Waals surface area (Å²) in [6.07, 6.45) is 5.65. The molecule has 0 saturated carbocycles. The standard InChI is InChI=1S/C24H27N5O2/c1-13-9-17(10-14(2)25-13)29-8-7-21-18(24(29)31)5-6-20(26-21)19-11-16-12-28(4)27-22(16)15(3)23(19)30/h5-8,11-14,17,25,30H,9-10H2,1-4H3. The zero-order valence-corrected chi connectivity index (χ0v) is 18.3. The Morgan fingerprint density at radius 3 is 2.65 bits per heavy atom. The first-order chi connectivity index (χ1) is 14.8. The van der Waals surface area contributed by atoms with Gasteiger partial charge in [0.05, 0.1) is 22.1 Å². The lowest BCUT2D eigenvalue weighted by Crippen LogP contribution is -2.44. The van der Waals surface area contributed by atoms with Crippen LogP contribution in [-0.2, 0) is 7.05 Å². The Balaban J connectivity index is 1.60. The van der Waals surface area contributed by atoms with Crippen LogP contribution in [0.1, 0.15) is 38.3 Å². The second-order valence-corrected chi connectivity index (χ2v) is 8.89. The first kappa shape index (κ1) is 19.8. The van der Waals surface area contributed by atoms with Crippen molar-refractivity contribution in [2.24, 2.45) is 7.05 Å². The molecule has 1 aliphatic rings. The van der Waals surface area contributed by atoms with Crippen molar-refractivity contribution in [3.05, 3.63) is 52.6 Å². The maximum Gasteiger partial charge on any atom is 0.260 e. The van der Waals surface area contributed by atoms with Crippen LogP contribution in [0.5, 0.6) is 5.75 Å². The van der Waals surface area contributed by atoms with Gasteiger partial charge in [-0.1, -0.05) is 0 Å². The van der Waals surface area contributed by atoms with Crippen LogP contribution in [0.4, 0.5) is 0 Å². The summed E-state index contributed by atoms with van der Waals surface area (Å²) in [6, 6.07) is 8.39. The van der Waals surface area contributed by atoms with Crippen molar-refractivity contribution < 1.29 is 5.11 Å². The summed E-state index contributed by atoms with van der Waals surface area (Å²) < 4.78 is 3.60. The molecule has 2 N–H and O–H groups in total. The van der Waals surface area contributed by atoms with Gasteiger partial charge >= 0.3 is 0 Å². The third kappa shape index (κ3) is 3.29. The third-order valence-electron chi connectivity index (χ3n) is 6.39. The predicted octanol–water partition coefficient (Wildman–Crippen LogP) is 3.67. The van der Waals surface area contributed by atoms with Crippen LogP contribution in [0.2, 0.25) is 0 Å². The molecule has 1 aliphatic heterocycles. The molecule has 0 amide bonds. The van der Waals surface area contributed by atoms with Crippen molar-refractivity contribution in [2.75, 3.05) is 0 Å². The van der Waals surface area contributed by atoms with E-state index in [1.807, 2.05) is 55.2 Å². The number of hydrogen-bond acceptors (Lipinski definition) is 5. The van der Waals surface area contributed by atoms with Crippen LogP contribution in [-0.4, -0.2) is 36.5 Å². The van der Waals surface area contributed by atoms with Gasteiger partial charge in [0.1, 0.15) is 5.75 Å². The Kier molecular flexibility index (Phi) is 4.59. The summed E-state index contributed by atoms with van der Waals surface area (Å²) in [6.45, 7) is 6.18. The number of phenols is 1. The molecular weight excluding hydrogens is 390 g/mol. The third-order valence-corrected chi connectivity index (χ3v) is 6.39. The van der Waals surface area contributed by atoms with Gasteiger partial charge in [0.2, 0.25) is 0 Å². The van der Waals surface area contributed by atoms with Crippen molar-refractivity contribution in [1.82, 2.24) is 24.6 Å². The van der Waals surface area contributed by atoms with E-state index >= 15 is 0 Å². The lowest BCUT2D eigenvalue weighted by atomic mass is 9.95. The number of aromatic nitrogens is 4. The van der Waals surface area contributed by atoms with E-state index < -0.39 is 0 Å². The number of aromatic hydroxyl groups is 1. The molecule has 1 fully saturated rings. The van der Waals surface area contributed by atoms with Gasteiger partial charge in [-0.15, -0.1) is 0 Å². The average molecular weight is 418 g/mol. The van der Waals surface area contributed by atoms with E-state index in [1.165, 1.54) is 0 Å². The number of nitrogens with one attached hydrogen (secondary N) is 1. The maximum atomic E-state index is 13.2. The number of pyridine rings is 2. The first-order valence-corrected chi connectivity index (χ1v) is 10.8. The van der Waals surface area contributed by atoms with Crippen molar-refractivity contribution in [3.63, 3.8) is 0 Å². The number of piperidine rings is 1. The number of hydrogen-bond donors (Lipinski definition) is 2. The van der Waals surface area contributed by atoms with Gasteiger partial charge < -0.3 is 15.0 Å². The smallest absolute Gasteiger partial charge is 0.260 e. The Morgan fingerprint density at radius 2 is 1.90 bits per heavy atom. The second kappa shape index (κ2) is 7.20. The van der Waals surface area contributed by atoms with Gasteiger partial charge in [-0.25, -0.2) is 4.98 Å². The number of phenolic OH excluding ortho intramolecular Hbond substituents is 1. The predicted molar refractivity (Wildman–Crippen MR) is 122 cm³/mol. The zero-order chi connectivity index (χ0) is 21.9. The molecule has 1 saturated heterocycles. The average Bonchev–Trinajstić information content (AvgIpc) is 3.10. The van der Waals surface area contributed by atoms with E-state index in [-0.39, 0.29) is 17.4 Å². The summed E-state index contributed by atoms with van der Waals surface area (Å²) in [5, 5.41) is 20.3. The summed E-state index contributed by atoms with van der Waals surface area (Å²) in [5.74, 6) is 0.170. The highest BCUT2D eigenvalue weighted by Crippen LogP contribution is 2.36. The maximum absolute atomic E-state index is 13.2. The van der Waals surface area contributed by atoms with Crippen LogP contribution in [0, 0.1) is 6.92 Å². The lowest BCUT2D eigenvalue weighted by Gasteiger charge is -2.34. The minimum Gasteiger partial charge on any atom is -0.507 e. The van der Waals surface area contributed by atoms with Crippen molar-refractivity contribution in [3.8, 4) is 17.0 Å². The van der Waals surface area contributed by atoms with Crippen LogP contribution in [0.25, 0.3) is 33.1 Å². The molecule has 4 aromatic rings. The van der Waals surface area contributed by atoms with E-state index in [0.29, 0.717) is 34.2 Å². The Bertz CT molecular complexity index is 1360. The minimum atomic E-state index is -0.00837. The van der Waals surface area contributed by atoms with E-state index in [9.17, 15) is 9.90 Å². The Morgan fingerprint density at radius 1 is 1.16 bits per heavy atom. The molecule has 1 aromatic carbocycles. The Labute approximate surface area is 180 Å². The quantitative estimate of drug-likeness (QED) is 0.520. The zero-order valence-electron chi connectivity index (χ0n) is 18.3. The number of rotatable bonds is 2. The topological polar surface area (TPSA) is 85.0 Å². The first-order valence-electron chi connectivity index (χ1n) is 10.8. The fraction of sp³-hybridized carbons (Fsp3) is 0.375. The van der Waals surface area contributed by atoms with Crippen LogP contribution < -0.4 is 10.9 Å². The van der Waals surface area contributed by atoms with Crippen molar-refractivity contribution in [1.29, 1.82) is 0 Å². The number of nitrogens with zero attached hydrogens (tertiary/aromatic N) is 4. The molecule has 7 nitrogen and oxygen atoms in total. The molecular formula is C24H27N5O2. The van der Waals surface area contributed by atoms with Crippen LogP contribution >= 0.6 is 0 Å². The number of fused-ring (bicyclic) bond motifs is 2. The number of benzene rings is 1. The minimum absolute atomic E-state index is 0.00837. The SMILES string of the molecule is Cc1c(O)c(-c2ccc3c(=O)n(C4CC(C)NC(C)C4)ccc3n2)cc2cn(C)nc12. The molecule has 0 spiro atoms. The fourth-order valence-corrected chi connectivity index (χ4v) is 4.98. The lowest BCUT2D eigenvalue weighted by molar-refractivity contribution is 0.260. The van der Waals surface area contributed by atoms with Gasteiger partial charge in [0.25, 0.3) is 5.56 Å². The molecule has 0 aliphatic carbocycles. The van der Waals surface area contributed by atoms with Gasteiger partial charge in [0.15, 0.2) is 0 Å². The number of aryl methyl sites for hydroxylation is 2. The van der Waals surface area contributed by atoms with E-state index in [2.05, 4.69) is 24.3 Å². The normalized spacial score (nSPS) is 21.7. The molecule has 0 radical (unpaired) electrons. The largest absolute Gasteiger partial charge is 0.507 e. The summed E-state index contributed by atoms with van der Waals surface area (Å²) in [5.41, 5.74) is 3.41. The summed E-state index contributed by atoms with van der Waals surface area (Å²) in [4.78, 5) is 18.0. The molecule has 4 heterocycles. The highest BCUT2D eigenvalue weighted by Gasteiger charge is 2.25. The van der Waals surface area contributed by atoms with Gasteiger partial charge in [-0.2, -0.15) is 5.10 Å². The highest BCUT2D eigenvalue weighted by atomic mass is 16.3. The van der Waals surface area contributed by atoms with Gasteiger partial charge in [0, 0.05) is 54.1 Å². The second-order valence-electron chi connectivity index (χ2n) is 8.89. The van der Waals surface area contributed by atoms with E-state index in [0.717, 1.165) is 29.3 Å². The molecule has 3 aromatic heterocycles. The molecule has 7 heteroatoms. The molecule has 2 atom stereocenters. The van der Waals surface area contributed by atoms with Gasteiger partial charge in [-0.05, 0) is 57.9 Å². The molecule has 5 rings (SSSR count).